The lowest BCUT2D eigenvalue weighted by Crippen LogP contribution is -2.64. The Morgan fingerprint density at radius 1 is 0.231 bits per heavy atom. The Morgan fingerprint density at radius 2 is 0.673 bits per heavy atom. The van der Waals surface area contributed by atoms with Crippen molar-refractivity contribution in [2.24, 2.45) is 0 Å². The van der Waals surface area contributed by atoms with E-state index >= 15 is 0 Å². The summed E-state index contributed by atoms with van der Waals surface area (Å²) in [5, 5.41) is 0. The van der Waals surface area contributed by atoms with Crippen LogP contribution in [0.2, 0.25) is 0 Å². The zero-order valence-corrected chi connectivity index (χ0v) is 57.5. The van der Waals surface area contributed by atoms with E-state index in [0.29, 0.717) is 0 Å². The van der Waals surface area contributed by atoms with Gasteiger partial charge in [-0.2, -0.15) is 0 Å². The normalized spacial score (nSPS) is 12.6. The van der Waals surface area contributed by atoms with Gasteiger partial charge in [0.1, 0.15) is 11.5 Å². The van der Waals surface area contributed by atoms with E-state index in [-0.39, 0.29) is 13.4 Å². The molecule has 0 fully saturated rings. The van der Waals surface area contributed by atoms with Gasteiger partial charge in [0.15, 0.2) is 0 Å². The van der Waals surface area contributed by atoms with Gasteiger partial charge in [0.05, 0.1) is 17.1 Å². The molecule has 20 rings (SSSR count). The maximum Gasteiger partial charge on any atom is 0.253 e. The molecule has 16 aromatic rings. The van der Waals surface area contributed by atoms with Crippen molar-refractivity contribution in [2.45, 2.75) is 9.79 Å². The predicted octanol–water partition coefficient (Wildman–Crippen LogP) is 22.1. The fourth-order valence-corrected chi connectivity index (χ4v) is 17.6. The Bertz CT molecular complexity index is 5950. The molecule has 0 N–H and O–H groups in total. The molecule has 0 aromatic heterocycles. The average molecular weight is 1340 g/mol. The van der Waals surface area contributed by atoms with E-state index in [9.17, 15) is 0 Å². The molecule has 4 aliphatic heterocycles. The molecule has 0 amide bonds. The lowest BCUT2D eigenvalue weighted by atomic mass is 9.31. The van der Waals surface area contributed by atoms with Crippen molar-refractivity contribution in [3.05, 3.63) is 388 Å². The molecule has 0 bridgehead atoms. The summed E-state index contributed by atoms with van der Waals surface area (Å²) in [7, 11) is 0. The maximum atomic E-state index is 7.32. The van der Waals surface area contributed by atoms with Crippen molar-refractivity contribution in [2.75, 3.05) is 19.6 Å². The maximum absolute atomic E-state index is 7.32. The highest BCUT2D eigenvalue weighted by atomic mass is 32.2. The van der Waals surface area contributed by atoms with Crippen LogP contribution < -0.4 is 57.1 Å². The smallest absolute Gasteiger partial charge is 0.253 e. The van der Waals surface area contributed by atoms with Crippen molar-refractivity contribution >= 4 is 126 Å². The van der Waals surface area contributed by atoms with E-state index in [4.69, 9.17) is 4.74 Å². The zero-order valence-electron chi connectivity index (χ0n) is 56.7. The minimum atomic E-state index is -0.192. The number of ether oxygens (including phenoxy) is 1. The number of hydrogen-bond acceptors (Lipinski definition) is 6. The van der Waals surface area contributed by atoms with Crippen LogP contribution >= 0.6 is 11.8 Å². The molecule has 0 radical (unpaired) electrons. The number of nitrogens with zero attached hydrogens (tertiary/aromatic N) is 4. The second kappa shape index (κ2) is 25.6. The summed E-state index contributed by atoms with van der Waals surface area (Å²) in [6.45, 7) is -0.343. The summed E-state index contributed by atoms with van der Waals surface area (Å²) >= 11 is 1.86. The van der Waals surface area contributed by atoms with E-state index in [2.05, 4.69) is 408 Å². The second-order valence-corrected chi connectivity index (χ2v) is 28.2. The topological polar surface area (TPSA) is 22.2 Å². The molecule has 0 spiro atoms. The van der Waals surface area contributed by atoms with E-state index in [0.717, 1.165) is 135 Å². The van der Waals surface area contributed by atoms with Crippen LogP contribution in [0.25, 0.3) is 55.6 Å². The molecule has 16 aromatic carbocycles. The first kappa shape index (κ1) is 60.9. The third kappa shape index (κ3) is 10.5. The minimum Gasteiger partial charge on any atom is -0.458 e. The van der Waals surface area contributed by atoms with Crippen LogP contribution in [0, 0.1) is 0 Å². The molecule has 0 unspecified atom stereocenters. The van der Waals surface area contributed by atoms with E-state index in [1.165, 1.54) is 43.3 Å². The molecule has 104 heavy (non-hydrogen) atoms. The Hall–Kier alpha value is -13.0. The second-order valence-electron chi connectivity index (χ2n) is 27.1. The molecule has 5 nitrogen and oxygen atoms in total. The molecular weight excluding hydrogens is 1280 g/mol. The van der Waals surface area contributed by atoms with Gasteiger partial charge in [0.2, 0.25) is 0 Å². The molecule has 0 atom stereocenters. The summed E-state index contributed by atoms with van der Waals surface area (Å²) in [6.07, 6.45) is 0. The van der Waals surface area contributed by atoms with Gasteiger partial charge < -0.3 is 24.3 Å². The number of rotatable bonds is 13. The molecule has 8 heteroatoms. The van der Waals surface area contributed by atoms with E-state index < -0.39 is 0 Å². The van der Waals surface area contributed by atoms with Gasteiger partial charge in [0.25, 0.3) is 13.4 Å². The Morgan fingerprint density at radius 3 is 1.25 bits per heavy atom. The van der Waals surface area contributed by atoms with Crippen molar-refractivity contribution < 1.29 is 4.74 Å². The predicted molar refractivity (Wildman–Crippen MR) is 439 cm³/mol. The van der Waals surface area contributed by atoms with Crippen molar-refractivity contribution in [3.63, 3.8) is 0 Å². The van der Waals surface area contributed by atoms with Gasteiger partial charge in [-0.25, -0.2) is 0 Å². The lowest BCUT2D eigenvalue weighted by Gasteiger charge is -2.46. The Balaban J connectivity index is 0.836. The SMILES string of the molecule is c1ccc(-c2ccc(N(c3cccc(-c4ccccc4)c3)c3cc4c5c(c3)Sc3cc6c(cc3B5c3ccccc3O4)B3c4ccccc4N(c4ccccc4)c4cc(N(c5ccc(-c7ccccc7)cc5)c5cccc(-c7ccccc7)c5)cc(c43)N6c3ccccc3-c3ccccc3)cc2)cc1. The van der Waals surface area contributed by atoms with Crippen LogP contribution in [0.5, 0.6) is 11.5 Å². The fourth-order valence-electron chi connectivity index (χ4n) is 16.4. The van der Waals surface area contributed by atoms with Gasteiger partial charge in [0, 0.05) is 72.6 Å². The van der Waals surface area contributed by atoms with Gasteiger partial charge in [-0.3, -0.25) is 0 Å². The van der Waals surface area contributed by atoms with Crippen molar-refractivity contribution in [1.29, 1.82) is 0 Å². The molecule has 0 aliphatic carbocycles. The van der Waals surface area contributed by atoms with E-state index in [1.54, 1.807) is 0 Å². The Labute approximate surface area is 611 Å². The first-order valence-corrected chi connectivity index (χ1v) is 36.5. The van der Waals surface area contributed by atoms with Crippen LogP contribution in [0.3, 0.4) is 0 Å². The molecule has 4 aliphatic rings. The first-order chi connectivity index (χ1) is 51.6. The molecule has 0 saturated carbocycles. The third-order valence-electron chi connectivity index (χ3n) is 21.1. The summed E-state index contributed by atoms with van der Waals surface area (Å²) in [5.74, 6) is 1.72. The highest BCUT2D eigenvalue weighted by molar-refractivity contribution is 8.00. The van der Waals surface area contributed by atoms with Crippen LogP contribution in [0.15, 0.2) is 398 Å². The number of para-hydroxylation sites is 4. The van der Waals surface area contributed by atoms with Crippen LogP contribution in [0.4, 0.5) is 68.2 Å². The molecule has 4 heterocycles. The Kier molecular flexibility index (Phi) is 15.0. The average Bonchev–Trinajstić information content (AvgIpc) is 0.689. The summed E-state index contributed by atoms with van der Waals surface area (Å²) in [4.78, 5) is 12.4. The van der Waals surface area contributed by atoms with Gasteiger partial charge in [-0.1, -0.05) is 296 Å². The zero-order chi connectivity index (χ0) is 68.6. The number of fused-ring (bicyclic) bond motifs is 8. The number of hydrogen-bond donors (Lipinski definition) is 0. The summed E-state index contributed by atoms with van der Waals surface area (Å²) in [5.41, 5.74) is 31.7. The van der Waals surface area contributed by atoms with Crippen molar-refractivity contribution in [3.8, 4) is 67.1 Å². The van der Waals surface area contributed by atoms with Crippen LogP contribution in [0.1, 0.15) is 0 Å². The summed E-state index contributed by atoms with van der Waals surface area (Å²) in [6, 6.07) is 143. The highest BCUT2D eigenvalue weighted by Crippen LogP contribution is 2.52. The van der Waals surface area contributed by atoms with E-state index in [1.807, 2.05) is 11.8 Å². The summed E-state index contributed by atoms with van der Waals surface area (Å²) < 4.78 is 7.32. The highest BCUT2D eigenvalue weighted by Gasteiger charge is 2.47. The quantitative estimate of drug-likeness (QED) is 0.107. The van der Waals surface area contributed by atoms with Crippen LogP contribution in [-0.4, -0.2) is 13.4 Å². The fraction of sp³-hybridized carbons (Fsp3) is 0. The molecular formula is C96H64B2N4OS. The largest absolute Gasteiger partial charge is 0.458 e. The van der Waals surface area contributed by atoms with Crippen molar-refractivity contribution in [1.82, 2.24) is 0 Å². The molecule has 0 saturated heterocycles. The number of benzene rings is 16. The third-order valence-corrected chi connectivity index (χ3v) is 22.2. The van der Waals surface area contributed by atoms with Crippen LogP contribution in [-0.2, 0) is 0 Å². The minimum absolute atomic E-state index is 0.151. The lowest BCUT2D eigenvalue weighted by molar-refractivity contribution is 0.486. The number of anilines is 12. The monoisotopic (exact) mass is 1340 g/mol. The first-order valence-electron chi connectivity index (χ1n) is 35.7. The molecule has 486 valence electrons. The van der Waals surface area contributed by atoms with Gasteiger partial charge in [-0.15, -0.1) is 0 Å². The van der Waals surface area contributed by atoms with Gasteiger partial charge in [-0.05, 0) is 181 Å². The van der Waals surface area contributed by atoms with Gasteiger partial charge >= 0.3 is 0 Å². The standard InChI is InChI=1S/C96H64B2N4OS/c1-7-27-65(28-8-1)69-49-53-75(54-50-69)99(77-41-25-37-72(57-77)67-31-11-3-12-32-67)79-59-89-95-90(60-79)102(86-46-22-19-43-81(86)71-35-15-5-16-36-71)88-64-93-85(63-84(88)97(95)82-44-20-23-47-87(82)101(89)74-39-17-6-18-40-74)98-83-45-21-24-48-91(83)103-92-61-80(62-94(104-93)96(92)98)100(76-55-51-70(52-56-76)66-29-9-2-10-30-66)78-42-26-38-73(58-78)68-33-13-4-14-34-68/h1-64H.